The van der Waals surface area contributed by atoms with Crippen LogP contribution in [0.2, 0.25) is 0 Å². The smallest absolute Gasteiger partial charge is 0.257 e. The Morgan fingerprint density at radius 2 is 2.21 bits per heavy atom. The average molecular weight is 328 g/mol. The zero-order chi connectivity index (χ0) is 16.4. The molecule has 126 valence electrons. The van der Waals surface area contributed by atoms with Crippen LogP contribution in [0.15, 0.2) is 47.5 Å². The lowest BCUT2D eigenvalue weighted by molar-refractivity contribution is -0.0809. The minimum atomic E-state index is -0.112. The Balaban J connectivity index is 1.48. The fourth-order valence-electron chi connectivity index (χ4n) is 3.52. The molecule has 2 aliphatic rings. The maximum atomic E-state index is 12.7. The van der Waals surface area contributed by atoms with Gasteiger partial charge >= 0.3 is 0 Å². The monoisotopic (exact) mass is 328 g/mol. The van der Waals surface area contributed by atoms with Crippen LogP contribution in [0, 0.1) is 0 Å². The summed E-state index contributed by atoms with van der Waals surface area (Å²) < 4.78 is 17.1. The number of carbonyl (C=O) groups excluding carboxylic acids is 1. The number of aromatic nitrogens is 1. The molecule has 2 aliphatic heterocycles. The van der Waals surface area contributed by atoms with Gasteiger partial charge in [-0.2, -0.15) is 0 Å². The number of hydrogen-bond donors (Lipinski definition) is 0. The van der Waals surface area contributed by atoms with E-state index in [0.717, 1.165) is 25.0 Å². The first-order chi connectivity index (χ1) is 11.8. The molecule has 6 nitrogen and oxygen atoms in total. The van der Waals surface area contributed by atoms with Crippen LogP contribution in [0.1, 0.15) is 28.8 Å². The lowest BCUT2D eigenvalue weighted by atomic mass is 10.0. The SMILES string of the molecule is O=C(c1ccoc1)N1C[C@@H](OCc2ccncc2)[C@@H]2OCCC[C@@H]21. The molecule has 2 saturated heterocycles. The summed E-state index contributed by atoms with van der Waals surface area (Å²) in [7, 11) is 0. The number of amides is 1. The van der Waals surface area contributed by atoms with E-state index in [1.165, 1.54) is 12.5 Å². The van der Waals surface area contributed by atoms with Crippen molar-refractivity contribution in [3.05, 3.63) is 54.2 Å². The van der Waals surface area contributed by atoms with E-state index in [1.54, 1.807) is 18.5 Å². The summed E-state index contributed by atoms with van der Waals surface area (Å²) in [5.41, 5.74) is 1.64. The molecule has 0 aliphatic carbocycles. The number of pyridine rings is 1. The van der Waals surface area contributed by atoms with Crippen LogP contribution >= 0.6 is 0 Å². The van der Waals surface area contributed by atoms with Crippen LogP contribution in [0.25, 0.3) is 0 Å². The quantitative estimate of drug-likeness (QED) is 0.861. The Morgan fingerprint density at radius 3 is 3.00 bits per heavy atom. The zero-order valence-electron chi connectivity index (χ0n) is 13.3. The van der Waals surface area contributed by atoms with E-state index < -0.39 is 0 Å². The van der Waals surface area contributed by atoms with Gasteiger partial charge in [-0.15, -0.1) is 0 Å². The van der Waals surface area contributed by atoms with Gasteiger partial charge < -0.3 is 18.8 Å². The third kappa shape index (κ3) is 2.95. The molecule has 24 heavy (non-hydrogen) atoms. The zero-order valence-corrected chi connectivity index (χ0v) is 13.3. The van der Waals surface area contributed by atoms with E-state index in [-0.39, 0.29) is 24.2 Å². The van der Waals surface area contributed by atoms with Crippen molar-refractivity contribution in [2.24, 2.45) is 0 Å². The number of furan rings is 1. The standard InChI is InChI=1S/C18H20N2O4/c21-18(14-5-9-22-12-14)20-10-16(17-15(20)2-1-8-23-17)24-11-13-3-6-19-7-4-13/h3-7,9,12,15-17H,1-2,8,10-11H2/t15-,16+,17+/m0/s1. The third-order valence-electron chi connectivity index (χ3n) is 4.72. The lowest BCUT2D eigenvalue weighted by Crippen LogP contribution is -2.43. The van der Waals surface area contributed by atoms with Crippen LogP contribution in [-0.2, 0) is 16.1 Å². The van der Waals surface area contributed by atoms with Gasteiger partial charge in [0, 0.05) is 19.0 Å². The molecule has 0 spiro atoms. The lowest BCUT2D eigenvalue weighted by Gasteiger charge is -2.32. The highest BCUT2D eigenvalue weighted by Crippen LogP contribution is 2.32. The first-order valence-electron chi connectivity index (χ1n) is 8.28. The Kier molecular flexibility index (Phi) is 4.32. The van der Waals surface area contributed by atoms with Gasteiger partial charge in [0.1, 0.15) is 18.5 Å². The Hall–Kier alpha value is -2.18. The molecule has 6 heteroatoms. The molecule has 4 heterocycles. The van der Waals surface area contributed by atoms with Crippen LogP contribution in [0.4, 0.5) is 0 Å². The summed E-state index contributed by atoms with van der Waals surface area (Å²) in [6.45, 7) is 1.77. The molecule has 0 saturated carbocycles. The van der Waals surface area contributed by atoms with Gasteiger partial charge in [-0.1, -0.05) is 0 Å². The number of likely N-dealkylation sites (tertiary alicyclic amines) is 1. The average Bonchev–Trinajstić information content (AvgIpc) is 3.29. The van der Waals surface area contributed by atoms with Crippen molar-refractivity contribution in [2.75, 3.05) is 13.2 Å². The fraction of sp³-hybridized carbons (Fsp3) is 0.444. The number of rotatable bonds is 4. The first kappa shape index (κ1) is 15.4. The van der Waals surface area contributed by atoms with Crippen LogP contribution in [0.5, 0.6) is 0 Å². The van der Waals surface area contributed by atoms with E-state index in [2.05, 4.69) is 4.98 Å². The molecule has 0 unspecified atom stereocenters. The van der Waals surface area contributed by atoms with Crippen molar-refractivity contribution < 1.29 is 18.7 Å². The second kappa shape index (κ2) is 6.75. The number of fused-ring (bicyclic) bond motifs is 1. The summed E-state index contributed by atoms with van der Waals surface area (Å²) in [6, 6.07) is 5.64. The van der Waals surface area contributed by atoms with E-state index in [0.29, 0.717) is 18.7 Å². The van der Waals surface area contributed by atoms with Gasteiger partial charge in [0.15, 0.2) is 0 Å². The van der Waals surface area contributed by atoms with Crippen molar-refractivity contribution in [3.8, 4) is 0 Å². The minimum Gasteiger partial charge on any atom is -0.472 e. The number of hydrogen-bond acceptors (Lipinski definition) is 5. The minimum absolute atomic E-state index is 0.0146. The van der Waals surface area contributed by atoms with Gasteiger partial charge in [-0.05, 0) is 36.6 Å². The molecule has 3 atom stereocenters. The van der Waals surface area contributed by atoms with Gasteiger partial charge in [-0.25, -0.2) is 0 Å². The summed E-state index contributed by atoms with van der Waals surface area (Å²) >= 11 is 0. The van der Waals surface area contributed by atoms with Gasteiger partial charge in [-0.3, -0.25) is 9.78 Å². The molecule has 0 aromatic carbocycles. The molecule has 2 aromatic rings. The summed E-state index contributed by atoms with van der Waals surface area (Å²) in [4.78, 5) is 18.6. The second-order valence-electron chi connectivity index (χ2n) is 6.22. The van der Waals surface area contributed by atoms with E-state index >= 15 is 0 Å². The van der Waals surface area contributed by atoms with Gasteiger partial charge in [0.25, 0.3) is 5.91 Å². The predicted molar refractivity (Wildman–Crippen MR) is 85.3 cm³/mol. The highest BCUT2D eigenvalue weighted by Gasteiger charge is 2.46. The molecule has 0 bridgehead atoms. The topological polar surface area (TPSA) is 64.8 Å². The Morgan fingerprint density at radius 1 is 1.33 bits per heavy atom. The fourth-order valence-corrected chi connectivity index (χ4v) is 3.52. The van der Waals surface area contributed by atoms with Gasteiger partial charge in [0.05, 0.1) is 31.0 Å². The molecule has 0 radical (unpaired) electrons. The predicted octanol–water partition coefficient (Wildman–Crippen LogP) is 2.26. The first-order valence-corrected chi connectivity index (χ1v) is 8.28. The van der Waals surface area contributed by atoms with Gasteiger partial charge in [0.2, 0.25) is 0 Å². The highest BCUT2D eigenvalue weighted by molar-refractivity contribution is 5.94. The highest BCUT2D eigenvalue weighted by atomic mass is 16.5. The van der Waals surface area contributed by atoms with E-state index in [1.807, 2.05) is 17.0 Å². The molecule has 1 amide bonds. The van der Waals surface area contributed by atoms with Crippen molar-refractivity contribution in [2.45, 2.75) is 37.7 Å². The largest absolute Gasteiger partial charge is 0.472 e. The van der Waals surface area contributed by atoms with Crippen molar-refractivity contribution in [1.29, 1.82) is 0 Å². The molecule has 4 rings (SSSR count). The third-order valence-corrected chi connectivity index (χ3v) is 4.72. The second-order valence-corrected chi connectivity index (χ2v) is 6.22. The Labute approximate surface area is 140 Å². The van der Waals surface area contributed by atoms with E-state index in [4.69, 9.17) is 13.9 Å². The summed E-state index contributed by atoms with van der Waals surface area (Å²) in [5, 5.41) is 0. The van der Waals surface area contributed by atoms with Crippen LogP contribution in [-0.4, -0.2) is 47.2 Å². The number of nitrogens with zero attached hydrogens (tertiary/aromatic N) is 2. The summed E-state index contributed by atoms with van der Waals surface area (Å²) in [5.74, 6) is -0.0146. The van der Waals surface area contributed by atoms with Crippen molar-refractivity contribution in [1.82, 2.24) is 9.88 Å². The van der Waals surface area contributed by atoms with Crippen LogP contribution < -0.4 is 0 Å². The molecular formula is C18H20N2O4. The van der Waals surface area contributed by atoms with Crippen LogP contribution in [0.3, 0.4) is 0 Å². The normalized spacial score (nSPS) is 26.3. The van der Waals surface area contributed by atoms with Crippen molar-refractivity contribution >= 4 is 5.91 Å². The molecule has 2 aromatic heterocycles. The number of ether oxygens (including phenoxy) is 2. The maximum absolute atomic E-state index is 12.7. The number of carbonyl (C=O) groups is 1. The summed E-state index contributed by atoms with van der Waals surface area (Å²) in [6.07, 6.45) is 8.26. The van der Waals surface area contributed by atoms with E-state index in [9.17, 15) is 4.79 Å². The molecular weight excluding hydrogens is 308 g/mol. The Bertz CT molecular complexity index is 674. The van der Waals surface area contributed by atoms with Crippen molar-refractivity contribution in [3.63, 3.8) is 0 Å². The molecule has 2 fully saturated rings. The molecule has 0 N–H and O–H groups in total. The maximum Gasteiger partial charge on any atom is 0.257 e.